The maximum absolute atomic E-state index is 15.3. The van der Waals surface area contributed by atoms with Gasteiger partial charge < -0.3 is 9.13 Å². The van der Waals surface area contributed by atoms with Gasteiger partial charge in [0.25, 0.3) is 0 Å². The van der Waals surface area contributed by atoms with Gasteiger partial charge in [-0.1, -0.05) is 148 Å². The lowest BCUT2D eigenvalue weighted by Crippen LogP contribution is -2.32. The van der Waals surface area contributed by atoms with E-state index in [0.29, 0.717) is 6.16 Å². The molecule has 4 aromatic carbocycles. The third kappa shape index (κ3) is 5.61. The molecule has 0 N–H and O–H groups in total. The molecular weight excluding hydrogens is 466 g/mol. The monoisotopic (exact) mass is 500 g/mol. The lowest BCUT2D eigenvalue weighted by atomic mass is 10.2. The lowest BCUT2D eigenvalue weighted by molar-refractivity contribution is 0.562. The second-order valence-electron chi connectivity index (χ2n) is 9.07. The molecule has 0 heterocycles. The summed E-state index contributed by atoms with van der Waals surface area (Å²) in [6.45, 7) is 2.18. The predicted octanol–water partition coefficient (Wildman–Crippen LogP) is 6.96. The number of unbranched alkanes of at least 4 members (excludes halogenated alkanes) is 2. The van der Waals surface area contributed by atoms with Crippen LogP contribution >= 0.6 is 14.3 Å². The molecule has 0 saturated heterocycles. The highest BCUT2D eigenvalue weighted by Gasteiger charge is 2.41. The van der Waals surface area contributed by atoms with Gasteiger partial charge in [0.05, 0.1) is 0 Å². The average Bonchev–Trinajstić information content (AvgIpc) is 2.94. The van der Waals surface area contributed by atoms with Gasteiger partial charge in [-0.3, -0.25) is 0 Å². The predicted molar refractivity (Wildman–Crippen MR) is 152 cm³/mol. The summed E-state index contributed by atoms with van der Waals surface area (Å²) in [4.78, 5) is 0. The zero-order valence-corrected chi connectivity index (χ0v) is 22.2. The first-order valence-electron chi connectivity index (χ1n) is 12.5. The van der Waals surface area contributed by atoms with E-state index in [1.165, 1.54) is 0 Å². The van der Waals surface area contributed by atoms with Crippen molar-refractivity contribution in [1.82, 2.24) is 0 Å². The van der Waals surface area contributed by atoms with Crippen molar-refractivity contribution in [3.8, 4) is 0 Å². The molecule has 2 nitrogen and oxygen atoms in total. The minimum atomic E-state index is -3.08. The molecule has 0 aliphatic rings. The average molecular weight is 501 g/mol. The van der Waals surface area contributed by atoms with Crippen molar-refractivity contribution in [3.05, 3.63) is 121 Å². The molecule has 4 rings (SSSR count). The Labute approximate surface area is 210 Å². The van der Waals surface area contributed by atoms with E-state index in [1.54, 1.807) is 0 Å². The zero-order valence-electron chi connectivity index (χ0n) is 20.4. The van der Waals surface area contributed by atoms with Crippen LogP contribution in [0, 0.1) is 0 Å². The summed E-state index contributed by atoms with van der Waals surface area (Å²) in [6.07, 6.45) is 4.28. The Kier molecular flexibility index (Phi) is 8.61. The number of hydrogen-bond acceptors (Lipinski definition) is 2. The molecule has 4 aromatic rings. The second-order valence-corrected chi connectivity index (χ2v) is 15.0. The Hall–Kier alpha value is -2.66. The molecule has 0 aromatic heterocycles. The highest BCUT2D eigenvalue weighted by Crippen LogP contribution is 2.57. The molecule has 0 amide bonds. The molecule has 0 saturated carbocycles. The number of hydrogen-bond donors (Lipinski definition) is 0. The smallest absolute Gasteiger partial charge is 0.146 e. The van der Waals surface area contributed by atoms with Crippen LogP contribution in [0.15, 0.2) is 121 Å². The van der Waals surface area contributed by atoms with Crippen molar-refractivity contribution in [1.29, 1.82) is 0 Å². The standard InChI is InChI=1S/C31H34O2P2/c1-2-3-8-25-31(35(33,29-21-13-6-14-22-29)30-23-15-7-16-24-30)26-34(32,27-17-9-4-10-18-27)28-19-11-5-12-20-28/h4-7,9-24,31H,2-3,8,25-26H2,1H3. The summed E-state index contributed by atoms with van der Waals surface area (Å²) in [7, 11) is -6.12. The summed E-state index contributed by atoms with van der Waals surface area (Å²) in [6, 6.07) is 39.3. The van der Waals surface area contributed by atoms with Gasteiger partial charge in [0.1, 0.15) is 14.3 Å². The fourth-order valence-electron chi connectivity index (χ4n) is 4.88. The van der Waals surface area contributed by atoms with Crippen molar-refractivity contribution >= 4 is 35.5 Å². The molecule has 0 aliphatic heterocycles. The molecule has 0 radical (unpaired) electrons. The van der Waals surface area contributed by atoms with Crippen LogP contribution < -0.4 is 21.2 Å². The summed E-state index contributed by atoms with van der Waals surface area (Å²) >= 11 is 0. The Balaban J connectivity index is 1.89. The van der Waals surface area contributed by atoms with E-state index in [0.717, 1.165) is 46.9 Å². The second kappa shape index (κ2) is 11.9. The minimum Gasteiger partial charge on any atom is -0.314 e. The first-order chi connectivity index (χ1) is 17.1. The van der Waals surface area contributed by atoms with Gasteiger partial charge >= 0.3 is 0 Å². The van der Waals surface area contributed by atoms with E-state index < -0.39 is 14.3 Å². The molecule has 1 unspecified atom stereocenters. The van der Waals surface area contributed by atoms with Crippen molar-refractivity contribution in [2.75, 3.05) is 6.16 Å². The summed E-state index contributed by atoms with van der Waals surface area (Å²) < 4.78 is 30.4. The quantitative estimate of drug-likeness (QED) is 0.165. The van der Waals surface area contributed by atoms with E-state index in [1.807, 2.05) is 121 Å². The van der Waals surface area contributed by atoms with E-state index in [2.05, 4.69) is 6.92 Å². The van der Waals surface area contributed by atoms with Crippen LogP contribution in [0.3, 0.4) is 0 Å². The third-order valence-electron chi connectivity index (χ3n) is 6.75. The van der Waals surface area contributed by atoms with Crippen molar-refractivity contribution < 1.29 is 9.13 Å². The van der Waals surface area contributed by atoms with Gasteiger partial charge in [0.2, 0.25) is 0 Å². The van der Waals surface area contributed by atoms with E-state index in [4.69, 9.17) is 0 Å². The molecule has 180 valence electrons. The van der Waals surface area contributed by atoms with E-state index >= 15 is 9.13 Å². The van der Waals surface area contributed by atoms with Crippen molar-refractivity contribution in [2.45, 2.75) is 38.3 Å². The van der Waals surface area contributed by atoms with Crippen LogP contribution in [-0.4, -0.2) is 11.8 Å². The highest BCUT2D eigenvalue weighted by molar-refractivity contribution is 7.82. The summed E-state index contributed by atoms with van der Waals surface area (Å²) in [5, 5.41) is 3.36. The fraction of sp³-hybridized carbons (Fsp3) is 0.226. The van der Waals surface area contributed by atoms with Gasteiger partial charge in [0.15, 0.2) is 0 Å². The lowest BCUT2D eigenvalue weighted by Gasteiger charge is -2.32. The maximum Gasteiger partial charge on any atom is 0.146 e. The van der Waals surface area contributed by atoms with Crippen LogP contribution in [0.25, 0.3) is 0 Å². The first-order valence-corrected chi connectivity index (χ1v) is 16.2. The molecule has 4 heteroatoms. The Morgan fingerprint density at radius 2 is 0.914 bits per heavy atom. The van der Waals surface area contributed by atoms with E-state index in [9.17, 15) is 0 Å². The van der Waals surface area contributed by atoms with Gasteiger partial charge in [-0.05, 0) is 6.42 Å². The summed E-state index contributed by atoms with van der Waals surface area (Å²) in [5.74, 6) is 0. The topological polar surface area (TPSA) is 34.1 Å². The molecule has 1 atom stereocenters. The highest BCUT2D eigenvalue weighted by atomic mass is 31.2. The Morgan fingerprint density at radius 3 is 1.29 bits per heavy atom. The van der Waals surface area contributed by atoms with Crippen molar-refractivity contribution in [2.24, 2.45) is 0 Å². The number of benzene rings is 4. The van der Waals surface area contributed by atoms with E-state index in [-0.39, 0.29) is 5.66 Å². The Bertz CT molecular complexity index is 1190. The minimum absolute atomic E-state index is 0.231. The molecule has 0 aliphatic carbocycles. The van der Waals surface area contributed by atoms with Gasteiger partial charge in [-0.2, -0.15) is 0 Å². The van der Waals surface area contributed by atoms with Crippen LogP contribution in [0.4, 0.5) is 0 Å². The molecule has 0 bridgehead atoms. The van der Waals surface area contributed by atoms with Gasteiger partial charge in [-0.25, -0.2) is 0 Å². The van der Waals surface area contributed by atoms with Crippen molar-refractivity contribution in [3.63, 3.8) is 0 Å². The van der Waals surface area contributed by atoms with Crippen LogP contribution in [0.5, 0.6) is 0 Å². The fourth-order valence-corrected chi connectivity index (χ4v) is 12.2. The van der Waals surface area contributed by atoms with Crippen LogP contribution in [0.1, 0.15) is 32.6 Å². The number of rotatable bonds is 11. The summed E-state index contributed by atoms with van der Waals surface area (Å²) in [5.41, 5.74) is -0.231. The maximum atomic E-state index is 15.3. The SMILES string of the molecule is CCCCCC(CP(=O)(c1ccccc1)c1ccccc1)P(=O)(c1ccccc1)c1ccccc1. The Morgan fingerprint density at radius 1 is 0.543 bits per heavy atom. The molecule has 0 fully saturated rings. The molecule has 0 spiro atoms. The molecule has 35 heavy (non-hydrogen) atoms. The third-order valence-corrected chi connectivity index (χ3v) is 13.9. The zero-order chi connectivity index (χ0) is 24.6. The largest absolute Gasteiger partial charge is 0.314 e. The molecular formula is C31H34O2P2. The van der Waals surface area contributed by atoms with Crippen LogP contribution in [0.2, 0.25) is 0 Å². The van der Waals surface area contributed by atoms with Gasteiger partial charge in [-0.15, -0.1) is 0 Å². The first kappa shape index (κ1) is 25.4. The normalized spacial score (nSPS) is 12.8. The van der Waals surface area contributed by atoms with Crippen LogP contribution in [-0.2, 0) is 9.13 Å². The van der Waals surface area contributed by atoms with Gasteiger partial charge in [0, 0.05) is 33.0 Å².